The first kappa shape index (κ1) is 17.7. The monoisotopic (exact) mass is 373 g/mol. The predicted octanol–water partition coefficient (Wildman–Crippen LogP) is 3.89. The number of nitrogens with one attached hydrogen (secondary N) is 1. The second-order valence-corrected chi connectivity index (χ2v) is 8.88. The van der Waals surface area contributed by atoms with Crippen LogP contribution in [0.2, 0.25) is 0 Å². The number of carbonyl (C=O) groups excluding carboxylic acids is 1. The van der Waals surface area contributed by atoms with Crippen molar-refractivity contribution in [2.75, 3.05) is 6.61 Å². The number of thiophene rings is 1. The van der Waals surface area contributed by atoms with Gasteiger partial charge in [-0.25, -0.2) is 9.97 Å². The van der Waals surface area contributed by atoms with Gasteiger partial charge in [0.05, 0.1) is 5.39 Å². The van der Waals surface area contributed by atoms with Gasteiger partial charge in [-0.15, -0.1) is 11.3 Å². The quantitative estimate of drug-likeness (QED) is 0.883. The summed E-state index contributed by atoms with van der Waals surface area (Å²) in [6.45, 7) is 4.53. The SMILES string of the molecule is CC1CCCC(NC(=O)COc2ncnc3sc4c(c23)CCCC4)C1C. The summed E-state index contributed by atoms with van der Waals surface area (Å²) in [5.74, 6) is 1.69. The third kappa shape index (κ3) is 3.43. The van der Waals surface area contributed by atoms with E-state index in [4.69, 9.17) is 4.74 Å². The van der Waals surface area contributed by atoms with Crippen molar-refractivity contribution in [2.24, 2.45) is 11.8 Å². The fraction of sp³-hybridized carbons (Fsp3) is 0.650. The van der Waals surface area contributed by atoms with Crippen LogP contribution < -0.4 is 10.1 Å². The summed E-state index contributed by atoms with van der Waals surface area (Å²) in [5.41, 5.74) is 1.34. The average molecular weight is 374 g/mol. The Labute approximate surface area is 158 Å². The molecule has 1 fully saturated rings. The molecule has 140 valence electrons. The molecule has 0 radical (unpaired) electrons. The number of hydrogen-bond donors (Lipinski definition) is 1. The molecule has 6 heteroatoms. The molecule has 0 saturated heterocycles. The number of rotatable bonds is 4. The van der Waals surface area contributed by atoms with Crippen LogP contribution in [0.15, 0.2) is 6.33 Å². The molecule has 2 heterocycles. The van der Waals surface area contributed by atoms with Gasteiger partial charge < -0.3 is 10.1 Å². The largest absolute Gasteiger partial charge is 0.467 e. The summed E-state index contributed by atoms with van der Waals surface area (Å²) >= 11 is 1.75. The summed E-state index contributed by atoms with van der Waals surface area (Å²) in [6.07, 6.45) is 9.67. The van der Waals surface area contributed by atoms with Crippen molar-refractivity contribution >= 4 is 27.5 Å². The fourth-order valence-electron chi connectivity index (χ4n) is 4.34. The van der Waals surface area contributed by atoms with Crippen molar-refractivity contribution in [2.45, 2.75) is 64.8 Å². The van der Waals surface area contributed by atoms with Crippen LogP contribution in [-0.4, -0.2) is 28.5 Å². The van der Waals surface area contributed by atoms with E-state index in [9.17, 15) is 4.79 Å². The van der Waals surface area contributed by atoms with Crippen LogP contribution >= 0.6 is 11.3 Å². The molecule has 0 bridgehead atoms. The maximum Gasteiger partial charge on any atom is 0.258 e. The van der Waals surface area contributed by atoms with Crippen molar-refractivity contribution in [1.82, 2.24) is 15.3 Å². The van der Waals surface area contributed by atoms with Crippen LogP contribution in [0.1, 0.15) is 56.4 Å². The molecule has 0 spiro atoms. The number of nitrogens with zero attached hydrogens (tertiary/aromatic N) is 2. The first-order chi connectivity index (χ1) is 12.6. The molecule has 2 aromatic heterocycles. The molecule has 1 N–H and O–H groups in total. The Bertz CT molecular complexity index is 804. The van der Waals surface area contributed by atoms with Crippen LogP contribution in [0.5, 0.6) is 5.88 Å². The summed E-state index contributed by atoms with van der Waals surface area (Å²) < 4.78 is 5.85. The molecular weight excluding hydrogens is 346 g/mol. The average Bonchev–Trinajstić information content (AvgIpc) is 3.03. The molecule has 1 amide bonds. The summed E-state index contributed by atoms with van der Waals surface area (Å²) in [7, 11) is 0. The van der Waals surface area contributed by atoms with E-state index in [1.165, 1.54) is 36.1 Å². The van der Waals surface area contributed by atoms with Gasteiger partial charge in [0.1, 0.15) is 11.2 Å². The first-order valence-corrected chi connectivity index (χ1v) is 10.6. The van der Waals surface area contributed by atoms with E-state index in [0.717, 1.165) is 29.5 Å². The Morgan fingerprint density at radius 3 is 2.96 bits per heavy atom. The Hall–Kier alpha value is -1.69. The molecule has 0 aliphatic heterocycles. The van der Waals surface area contributed by atoms with Crippen molar-refractivity contribution in [3.63, 3.8) is 0 Å². The molecule has 3 atom stereocenters. The van der Waals surface area contributed by atoms with Gasteiger partial charge in [0.15, 0.2) is 6.61 Å². The van der Waals surface area contributed by atoms with E-state index in [1.807, 2.05) is 0 Å². The molecule has 4 rings (SSSR count). The standard InChI is InChI=1S/C20H27N3O2S/c1-12-6-5-8-15(13(12)2)23-17(24)10-25-19-18-14-7-3-4-9-16(14)26-20(18)22-11-21-19/h11-13,15H,3-10H2,1-2H3,(H,23,24). The summed E-state index contributed by atoms with van der Waals surface area (Å²) in [6, 6.07) is 0.258. The van der Waals surface area contributed by atoms with Crippen molar-refractivity contribution in [3.05, 3.63) is 16.8 Å². The first-order valence-electron chi connectivity index (χ1n) is 9.81. The molecule has 26 heavy (non-hydrogen) atoms. The van der Waals surface area contributed by atoms with Crippen LogP contribution in [-0.2, 0) is 17.6 Å². The third-order valence-electron chi connectivity index (χ3n) is 6.11. The Morgan fingerprint density at radius 1 is 1.23 bits per heavy atom. The maximum atomic E-state index is 12.4. The van der Waals surface area contributed by atoms with Gasteiger partial charge in [0, 0.05) is 10.9 Å². The zero-order chi connectivity index (χ0) is 18.1. The van der Waals surface area contributed by atoms with Crippen LogP contribution in [0.4, 0.5) is 0 Å². The molecule has 2 aliphatic carbocycles. The highest BCUT2D eigenvalue weighted by atomic mass is 32.1. The number of amides is 1. The van der Waals surface area contributed by atoms with Gasteiger partial charge in [0.2, 0.25) is 5.88 Å². The van der Waals surface area contributed by atoms with Crippen molar-refractivity contribution in [1.29, 1.82) is 0 Å². The van der Waals surface area contributed by atoms with Crippen LogP contribution in [0.3, 0.4) is 0 Å². The van der Waals surface area contributed by atoms with Crippen LogP contribution in [0, 0.1) is 11.8 Å². The van der Waals surface area contributed by atoms with Gasteiger partial charge in [-0.1, -0.05) is 26.7 Å². The van der Waals surface area contributed by atoms with Crippen molar-refractivity contribution in [3.8, 4) is 5.88 Å². The number of aromatic nitrogens is 2. The number of ether oxygens (including phenoxy) is 1. The second kappa shape index (κ2) is 7.51. The van der Waals surface area contributed by atoms with E-state index in [1.54, 1.807) is 17.7 Å². The summed E-state index contributed by atoms with van der Waals surface area (Å²) in [5, 5.41) is 4.20. The zero-order valence-electron chi connectivity index (χ0n) is 15.6. The maximum absolute atomic E-state index is 12.4. The van der Waals surface area contributed by atoms with Gasteiger partial charge in [-0.3, -0.25) is 4.79 Å². The highest BCUT2D eigenvalue weighted by molar-refractivity contribution is 7.18. The number of hydrogen-bond acceptors (Lipinski definition) is 5. The van der Waals surface area contributed by atoms with E-state index >= 15 is 0 Å². The predicted molar refractivity (Wildman–Crippen MR) is 104 cm³/mol. The lowest BCUT2D eigenvalue weighted by Crippen LogP contribution is -2.45. The molecule has 3 unspecified atom stereocenters. The summed E-state index contributed by atoms with van der Waals surface area (Å²) in [4.78, 5) is 23.6. The number of fused-ring (bicyclic) bond motifs is 3. The topological polar surface area (TPSA) is 64.1 Å². The van der Waals surface area contributed by atoms with Crippen LogP contribution in [0.25, 0.3) is 10.2 Å². The second-order valence-electron chi connectivity index (χ2n) is 7.80. The van der Waals surface area contributed by atoms with Gasteiger partial charge >= 0.3 is 0 Å². The molecular formula is C20H27N3O2S. The highest BCUT2D eigenvalue weighted by Crippen LogP contribution is 2.38. The molecule has 2 aromatic rings. The third-order valence-corrected chi connectivity index (χ3v) is 7.31. The minimum atomic E-state index is -0.0493. The number of aryl methyl sites for hydroxylation is 2. The highest BCUT2D eigenvalue weighted by Gasteiger charge is 2.28. The number of carbonyl (C=O) groups is 1. The van der Waals surface area contributed by atoms with E-state index < -0.39 is 0 Å². The molecule has 1 saturated carbocycles. The van der Waals surface area contributed by atoms with Gasteiger partial charge in [-0.2, -0.15) is 0 Å². The Kier molecular flexibility index (Phi) is 5.11. The minimum Gasteiger partial charge on any atom is -0.467 e. The van der Waals surface area contributed by atoms with E-state index in [2.05, 4.69) is 29.1 Å². The normalized spacial score (nSPS) is 25.7. The molecule has 0 aromatic carbocycles. The smallest absolute Gasteiger partial charge is 0.258 e. The van der Waals surface area contributed by atoms with Crippen molar-refractivity contribution < 1.29 is 9.53 Å². The van der Waals surface area contributed by atoms with E-state index in [-0.39, 0.29) is 18.6 Å². The lowest BCUT2D eigenvalue weighted by Gasteiger charge is -2.34. The van der Waals surface area contributed by atoms with E-state index in [0.29, 0.717) is 17.7 Å². The minimum absolute atomic E-state index is 0.0222. The Morgan fingerprint density at radius 2 is 2.08 bits per heavy atom. The van der Waals surface area contributed by atoms with Gasteiger partial charge in [0.25, 0.3) is 5.91 Å². The van der Waals surface area contributed by atoms with Gasteiger partial charge in [-0.05, 0) is 49.5 Å². The lowest BCUT2D eigenvalue weighted by molar-refractivity contribution is -0.124. The lowest BCUT2D eigenvalue weighted by atomic mass is 9.78. The molecule has 5 nitrogen and oxygen atoms in total. The molecule has 2 aliphatic rings. The zero-order valence-corrected chi connectivity index (χ0v) is 16.4. The fourth-order valence-corrected chi connectivity index (χ4v) is 5.56. The Balaban J connectivity index is 1.44.